The molecular weight excluding hydrogens is 505 g/mol. The van der Waals surface area contributed by atoms with Crippen molar-refractivity contribution in [3.8, 4) is 17.2 Å². The van der Waals surface area contributed by atoms with Crippen molar-refractivity contribution in [2.24, 2.45) is 0 Å². The fourth-order valence-electron chi connectivity index (χ4n) is 4.52. The van der Waals surface area contributed by atoms with Crippen LogP contribution in [0.25, 0.3) is 11.5 Å². The molecule has 1 unspecified atom stereocenters. The van der Waals surface area contributed by atoms with E-state index in [0.29, 0.717) is 28.2 Å². The van der Waals surface area contributed by atoms with Gasteiger partial charge in [0.1, 0.15) is 17.6 Å². The molecule has 0 fully saturated rings. The van der Waals surface area contributed by atoms with Crippen LogP contribution in [0.1, 0.15) is 48.0 Å². The number of aromatic nitrogens is 1. The summed E-state index contributed by atoms with van der Waals surface area (Å²) in [6.07, 6.45) is -1.72. The smallest absolute Gasteiger partial charge is 0.416 e. The Kier molecular flexibility index (Phi) is 6.80. The SMILES string of the molecule is CC(C)(C)c1ccccc1N/C=C1\C(=O)c2ccccc2OC1Cc1cnc(-c2ccc(C(F)(F)F)cc2)o1. The number of oxazole rings is 1. The number of anilines is 1. The monoisotopic (exact) mass is 532 g/mol. The zero-order valence-electron chi connectivity index (χ0n) is 21.7. The molecule has 5 nitrogen and oxygen atoms in total. The average Bonchev–Trinajstić information content (AvgIpc) is 3.36. The van der Waals surface area contributed by atoms with E-state index in [1.54, 1.807) is 30.5 Å². The molecule has 0 spiro atoms. The summed E-state index contributed by atoms with van der Waals surface area (Å²) >= 11 is 0. The fraction of sp³-hybridized carbons (Fsp3) is 0.226. The number of nitrogens with one attached hydrogen (secondary N) is 1. The number of ether oxygens (including phenoxy) is 1. The van der Waals surface area contributed by atoms with Gasteiger partial charge in [-0.05, 0) is 53.4 Å². The molecule has 0 saturated heterocycles. The lowest BCUT2D eigenvalue weighted by atomic mass is 9.86. The van der Waals surface area contributed by atoms with Gasteiger partial charge in [-0.2, -0.15) is 13.2 Å². The number of alkyl halides is 3. The predicted octanol–water partition coefficient (Wildman–Crippen LogP) is 7.84. The maximum atomic E-state index is 13.5. The van der Waals surface area contributed by atoms with Crippen LogP contribution in [-0.2, 0) is 18.0 Å². The fourth-order valence-corrected chi connectivity index (χ4v) is 4.52. The van der Waals surface area contributed by atoms with Crippen molar-refractivity contribution in [2.45, 2.75) is 44.9 Å². The highest BCUT2D eigenvalue weighted by Gasteiger charge is 2.33. The average molecular weight is 533 g/mol. The van der Waals surface area contributed by atoms with Crippen molar-refractivity contribution in [3.05, 3.63) is 113 Å². The molecule has 39 heavy (non-hydrogen) atoms. The normalized spacial score (nSPS) is 16.6. The number of rotatable bonds is 5. The highest BCUT2D eigenvalue weighted by atomic mass is 19.4. The van der Waals surface area contributed by atoms with Crippen LogP contribution >= 0.6 is 0 Å². The molecular formula is C31H27F3N2O3. The molecule has 1 aromatic heterocycles. The second-order valence-electron chi connectivity index (χ2n) is 10.4. The molecule has 4 aromatic rings. The van der Waals surface area contributed by atoms with Crippen LogP contribution in [0, 0.1) is 0 Å². The third-order valence-electron chi connectivity index (χ3n) is 6.53. The minimum Gasteiger partial charge on any atom is -0.484 e. The number of Topliss-reactive ketones (excluding diaryl/α,β-unsaturated/α-hetero) is 1. The largest absolute Gasteiger partial charge is 0.484 e. The molecule has 0 aliphatic carbocycles. The maximum absolute atomic E-state index is 13.5. The number of hydrogen-bond acceptors (Lipinski definition) is 5. The van der Waals surface area contributed by atoms with Crippen LogP contribution in [0.15, 0.2) is 95.2 Å². The Hall–Kier alpha value is -4.33. The summed E-state index contributed by atoms with van der Waals surface area (Å²) in [5.74, 6) is 0.930. The molecule has 8 heteroatoms. The molecule has 2 heterocycles. The Bertz CT molecular complexity index is 1530. The van der Waals surface area contributed by atoms with Crippen LogP contribution in [0.4, 0.5) is 18.9 Å². The van der Waals surface area contributed by atoms with E-state index in [-0.39, 0.29) is 23.5 Å². The molecule has 1 aliphatic rings. The first kappa shape index (κ1) is 26.3. The molecule has 5 rings (SSSR count). The van der Waals surface area contributed by atoms with Crippen molar-refractivity contribution in [3.63, 3.8) is 0 Å². The lowest BCUT2D eigenvalue weighted by Gasteiger charge is -2.28. The molecule has 3 aromatic carbocycles. The number of carbonyl (C=O) groups is 1. The number of para-hydroxylation sites is 2. The predicted molar refractivity (Wildman–Crippen MR) is 143 cm³/mol. The number of ketones is 1. The lowest BCUT2D eigenvalue weighted by molar-refractivity contribution is -0.137. The van der Waals surface area contributed by atoms with Crippen LogP contribution in [-0.4, -0.2) is 16.9 Å². The number of fused-ring (bicyclic) bond motifs is 1. The van der Waals surface area contributed by atoms with Crippen LogP contribution in [0.2, 0.25) is 0 Å². The van der Waals surface area contributed by atoms with E-state index in [9.17, 15) is 18.0 Å². The number of halogens is 3. The molecule has 1 aliphatic heterocycles. The van der Waals surface area contributed by atoms with Gasteiger partial charge in [-0.3, -0.25) is 4.79 Å². The van der Waals surface area contributed by atoms with Gasteiger partial charge in [-0.15, -0.1) is 0 Å². The third kappa shape index (κ3) is 5.60. The zero-order chi connectivity index (χ0) is 27.8. The first-order chi connectivity index (χ1) is 18.5. The lowest BCUT2D eigenvalue weighted by Crippen LogP contribution is -2.32. The van der Waals surface area contributed by atoms with Crippen LogP contribution < -0.4 is 10.1 Å². The molecule has 0 radical (unpaired) electrons. The van der Waals surface area contributed by atoms with E-state index in [2.05, 4.69) is 31.1 Å². The van der Waals surface area contributed by atoms with E-state index in [4.69, 9.17) is 9.15 Å². The molecule has 0 amide bonds. The van der Waals surface area contributed by atoms with Crippen molar-refractivity contribution < 1.29 is 27.1 Å². The van der Waals surface area contributed by atoms with E-state index >= 15 is 0 Å². The zero-order valence-corrected chi connectivity index (χ0v) is 21.7. The number of carbonyl (C=O) groups excluding carboxylic acids is 1. The van der Waals surface area contributed by atoms with Gasteiger partial charge in [0, 0.05) is 23.9 Å². The summed E-state index contributed by atoms with van der Waals surface area (Å²) in [4.78, 5) is 17.8. The first-order valence-corrected chi connectivity index (χ1v) is 12.5. The van der Waals surface area contributed by atoms with Gasteiger partial charge < -0.3 is 14.5 Å². The highest BCUT2D eigenvalue weighted by molar-refractivity contribution is 6.12. The molecule has 0 saturated carbocycles. The van der Waals surface area contributed by atoms with Crippen molar-refractivity contribution in [2.75, 3.05) is 5.32 Å². The van der Waals surface area contributed by atoms with E-state index in [0.717, 1.165) is 23.4 Å². The number of hydrogen-bond donors (Lipinski definition) is 1. The topological polar surface area (TPSA) is 64.4 Å². The van der Waals surface area contributed by atoms with E-state index < -0.39 is 17.8 Å². The Morgan fingerprint density at radius 1 is 0.949 bits per heavy atom. The Morgan fingerprint density at radius 3 is 2.36 bits per heavy atom. The Labute approximate surface area is 224 Å². The summed E-state index contributed by atoms with van der Waals surface area (Å²) in [6.45, 7) is 6.35. The Morgan fingerprint density at radius 2 is 1.64 bits per heavy atom. The van der Waals surface area contributed by atoms with Crippen LogP contribution in [0.5, 0.6) is 5.75 Å². The van der Waals surface area contributed by atoms with E-state index in [1.807, 2.05) is 24.3 Å². The Balaban J connectivity index is 1.44. The standard InChI is InChI=1S/C31H27F3N2O3/c1-30(2,3)24-9-5-6-10-25(24)35-18-23-27(39-26-11-7-4-8-22(26)28(23)37)16-21-17-36-29(38-21)19-12-14-20(15-13-19)31(32,33)34/h4-15,17-18,27,35H,16H2,1-3H3/b23-18-. The van der Waals surface area contributed by atoms with Crippen LogP contribution in [0.3, 0.4) is 0 Å². The van der Waals surface area contributed by atoms with Crippen molar-refractivity contribution in [1.82, 2.24) is 4.98 Å². The quantitative estimate of drug-likeness (QED) is 0.265. The summed E-state index contributed by atoms with van der Waals surface area (Å²) in [6, 6.07) is 19.6. The summed E-state index contributed by atoms with van der Waals surface area (Å²) < 4.78 is 50.9. The van der Waals surface area contributed by atoms with Gasteiger partial charge in [0.15, 0.2) is 5.78 Å². The highest BCUT2D eigenvalue weighted by Crippen LogP contribution is 2.35. The number of nitrogens with zero attached hydrogens (tertiary/aromatic N) is 1. The first-order valence-electron chi connectivity index (χ1n) is 12.5. The third-order valence-corrected chi connectivity index (χ3v) is 6.53. The van der Waals surface area contributed by atoms with Gasteiger partial charge in [0.25, 0.3) is 0 Å². The van der Waals surface area contributed by atoms with Crippen molar-refractivity contribution in [1.29, 1.82) is 0 Å². The summed E-state index contributed by atoms with van der Waals surface area (Å²) in [7, 11) is 0. The molecule has 1 N–H and O–H groups in total. The number of benzene rings is 3. The summed E-state index contributed by atoms with van der Waals surface area (Å²) in [5, 5.41) is 3.31. The second-order valence-corrected chi connectivity index (χ2v) is 10.4. The minimum absolute atomic E-state index is 0.115. The minimum atomic E-state index is -4.43. The van der Waals surface area contributed by atoms with Gasteiger partial charge >= 0.3 is 6.18 Å². The van der Waals surface area contributed by atoms with Gasteiger partial charge in [0.05, 0.1) is 22.9 Å². The van der Waals surface area contributed by atoms with Gasteiger partial charge in [-0.1, -0.05) is 51.1 Å². The van der Waals surface area contributed by atoms with Gasteiger partial charge in [0.2, 0.25) is 5.89 Å². The molecule has 200 valence electrons. The summed E-state index contributed by atoms with van der Waals surface area (Å²) in [5.41, 5.74) is 2.42. The molecule has 1 atom stereocenters. The second kappa shape index (κ2) is 10.1. The van der Waals surface area contributed by atoms with Gasteiger partial charge in [-0.25, -0.2) is 4.98 Å². The molecule has 0 bridgehead atoms. The maximum Gasteiger partial charge on any atom is 0.416 e. The van der Waals surface area contributed by atoms with E-state index in [1.165, 1.54) is 18.3 Å². The van der Waals surface area contributed by atoms with Crippen molar-refractivity contribution >= 4 is 11.5 Å².